The summed E-state index contributed by atoms with van der Waals surface area (Å²) >= 11 is 1.86. The highest BCUT2D eigenvalue weighted by Crippen LogP contribution is 2.05. The molecule has 2 N–H and O–H groups in total. The summed E-state index contributed by atoms with van der Waals surface area (Å²) in [4.78, 5) is 7.14. The SMILES string of the molecule is CCNC(=NCC(C)SC)NC(C)CCCN(CC)CC.I. The molecule has 0 aromatic heterocycles. The van der Waals surface area contributed by atoms with E-state index in [-0.39, 0.29) is 24.0 Å². The molecule has 0 radical (unpaired) electrons. The maximum atomic E-state index is 4.66. The number of hydrogen-bond donors (Lipinski definition) is 2. The molecule has 0 saturated heterocycles. The fraction of sp³-hybridized carbons (Fsp3) is 0.938. The molecule has 0 aromatic carbocycles. The molecule has 0 aromatic rings. The van der Waals surface area contributed by atoms with Crippen molar-refractivity contribution in [1.29, 1.82) is 0 Å². The van der Waals surface area contributed by atoms with Crippen molar-refractivity contribution >= 4 is 41.7 Å². The fourth-order valence-electron chi connectivity index (χ4n) is 2.08. The van der Waals surface area contributed by atoms with Gasteiger partial charge in [0.25, 0.3) is 0 Å². The second kappa shape index (κ2) is 16.2. The van der Waals surface area contributed by atoms with Crippen LogP contribution in [0.3, 0.4) is 0 Å². The lowest BCUT2D eigenvalue weighted by molar-refractivity contribution is 0.292. The van der Waals surface area contributed by atoms with Gasteiger partial charge in [-0.05, 0) is 52.6 Å². The highest BCUT2D eigenvalue weighted by atomic mass is 127. The molecule has 0 fully saturated rings. The first-order valence-electron chi connectivity index (χ1n) is 8.37. The van der Waals surface area contributed by atoms with Crippen molar-refractivity contribution in [3.05, 3.63) is 0 Å². The minimum absolute atomic E-state index is 0. The quantitative estimate of drug-likeness (QED) is 0.291. The highest BCUT2D eigenvalue weighted by molar-refractivity contribution is 14.0. The Balaban J connectivity index is 0. The molecule has 0 spiro atoms. The van der Waals surface area contributed by atoms with E-state index in [2.05, 4.69) is 61.4 Å². The van der Waals surface area contributed by atoms with Gasteiger partial charge in [0.05, 0.1) is 6.54 Å². The van der Waals surface area contributed by atoms with Gasteiger partial charge in [0.15, 0.2) is 5.96 Å². The number of thioether (sulfide) groups is 1. The summed E-state index contributed by atoms with van der Waals surface area (Å²) in [5, 5.41) is 7.42. The largest absolute Gasteiger partial charge is 0.357 e. The van der Waals surface area contributed by atoms with E-state index < -0.39 is 0 Å². The summed E-state index contributed by atoms with van der Waals surface area (Å²) in [5.41, 5.74) is 0. The van der Waals surface area contributed by atoms with Crippen molar-refractivity contribution < 1.29 is 0 Å². The van der Waals surface area contributed by atoms with Crippen LogP contribution in [0.25, 0.3) is 0 Å². The van der Waals surface area contributed by atoms with Gasteiger partial charge in [-0.1, -0.05) is 20.8 Å². The van der Waals surface area contributed by atoms with Crippen LogP contribution in [0.15, 0.2) is 4.99 Å². The molecule has 2 unspecified atom stereocenters. The normalized spacial score (nSPS) is 14.4. The summed E-state index contributed by atoms with van der Waals surface area (Å²) in [7, 11) is 0. The maximum absolute atomic E-state index is 4.66. The highest BCUT2D eigenvalue weighted by Gasteiger charge is 2.07. The van der Waals surface area contributed by atoms with Gasteiger partial charge in [-0.3, -0.25) is 4.99 Å². The lowest BCUT2D eigenvalue weighted by Crippen LogP contribution is -2.42. The second-order valence-corrected chi connectivity index (χ2v) is 6.76. The number of nitrogens with one attached hydrogen (secondary N) is 2. The third-order valence-corrected chi connectivity index (χ3v) is 4.60. The van der Waals surface area contributed by atoms with Crippen molar-refractivity contribution in [3.8, 4) is 0 Å². The first kappa shape index (κ1) is 24.6. The molecule has 0 saturated carbocycles. The van der Waals surface area contributed by atoms with Crippen LogP contribution < -0.4 is 10.6 Å². The average Bonchev–Trinajstić information content (AvgIpc) is 2.49. The van der Waals surface area contributed by atoms with E-state index in [0.717, 1.165) is 32.1 Å². The van der Waals surface area contributed by atoms with Crippen LogP contribution in [0.1, 0.15) is 47.5 Å². The lowest BCUT2D eigenvalue weighted by atomic mass is 10.2. The molecule has 6 heteroatoms. The van der Waals surface area contributed by atoms with E-state index in [0.29, 0.717) is 11.3 Å². The van der Waals surface area contributed by atoms with Gasteiger partial charge in [0, 0.05) is 17.8 Å². The molecular weight excluding hydrogens is 407 g/mol. The second-order valence-electron chi connectivity index (χ2n) is 5.48. The number of aliphatic imine (C=N–C) groups is 1. The van der Waals surface area contributed by atoms with Crippen molar-refractivity contribution in [1.82, 2.24) is 15.5 Å². The summed E-state index contributed by atoms with van der Waals surface area (Å²) in [6, 6.07) is 0.461. The lowest BCUT2D eigenvalue weighted by Gasteiger charge is -2.21. The van der Waals surface area contributed by atoms with Crippen molar-refractivity contribution in [2.24, 2.45) is 4.99 Å². The monoisotopic (exact) mass is 444 g/mol. The van der Waals surface area contributed by atoms with E-state index in [9.17, 15) is 0 Å². The van der Waals surface area contributed by atoms with Gasteiger partial charge in [-0.25, -0.2) is 0 Å². The van der Waals surface area contributed by atoms with E-state index in [1.165, 1.54) is 19.4 Å². The Hall–Kier alpha value is 0.310. The molecule has 0 aliphatic heterocycles. The van der Waals surface area contributed by atoms with Crippen molar-refractivity contribution in [3.63, 3.8) is 0 Å². The molecule has 0 amide bonds. The third kappa shape index (κ3) is 12.8. The Bertz CT molecular complexity index is 273. The van der Waals surface area contributed by atoms with Gasteiger partial charge < -0.3 is 15.5 Å². The Labute approximate surface area is 159 Å². The average molecular weight is 444 g/mol. The zero-order valence-corrected chi connectivity index (χ0v) is 18.5. The predicted octanol–water partition coefficient (Wildman–Crippen LogP) is 3.42. The van der Waals surface area contributed by atoms with Gasteiger partial charge in [0.2, 0.25) is 0 Å². The summed E-state index contributed by atoms with van der Waals surface area (Å²) in [6.07, 6.45) is 4.55. The van der Waals surface area contributed by atoms with E-state index in [1.807, 2.05) is 11.8 Å². The standard InChI is InChI=1S/C16H36N4S.HI/c1-7-17-16(18-13-15(5)21-6)19-14(4)11-10-12-20(8-2)9-3;/h14-15H,7-13H2,1-6H3,(H2,17,18,19);1H. The molecule has 0 bridgehead atoms. The zero-order chi connectivity index (χ0) is 16.1. The summed E-state index contributed by atoms with van der Waals surface area (Å²) < 4.78 is 0. The minimum Gasteiger partial charge on any atom is -0.357 e. The smallest absolute Gasteiger partial charge is 0.191 e. The van der Waals surface area contributed by atoms with Crippen LogP contribution in [0.4, 0.5) is 0 Å². The maximum Gasteiger partial charge on any atom is 0.191 e. The van der Waals surface area contributed by atoms with E-state index in [1.54, 1.807) is 0 Å². The number of rotatable bonds is 11. The number of halogens is 1. The number of hydrogen-bond acceptors (Lipinski definition) is 3. The molecule has 22 heavy (non-hydrogen) atoms. The Kier molecular flexibility index (Phi) is 18.1. The topological polar surface area (TPSA) is 39.7 Å². The van der Waals surface area contributed by atoms with E-state index >= 15 is 0 Å². The Morgan fingerprint density at radius 1 is 1.18 bits per heavy atom. The fourth-order valence-corrected chi connectivity index (χ4v) is 2.30. The Morgan fingerprint density at radius 3 is 2.32 bits per heavy atom. The first-order chi connectivity index (χ1) is 10.1. The summed E-state index contributed by atoms with van der Waals surface area (Å²) in [5.74, 6) is 0.953. The molecule has 0 aliphatic carbocycles. The number of guanidine groups is 1. The molecule has 4 nitrogen and oxygen atoms in total. The van der Waals surface area contributed by atoms with Crippen LogP contribution >= 0.6 is 35.7 Å². The first-order valence-corrected chi connectivity index (χ1v) is 9.66. The minimum atomic E-state index is 0. The van der Waals surface area contributed by atoms with Crippen molar-refractivity contribution in [2.75, 3.05) is 39.0 Å². The van der Waals surface area contributed by atoms with Gasteiger partial charge in [-0.15, -0.1) is 24.0 Å². The number of nitrogens with zero attached hydrogens (tertiary/aromatic N) is 2. The van der Waals surface area contributed by atoms with Crippen molar-refractivity contribution in [2.45, 2.75) is 58.8 Å². The molecule has 0 rings (SSSR count). The van der Waals surface area contributed by atoms with Gasteiger partial charge >= 0.3 is 0 Å². The van der Waals surface area contributed by atoms with Gasteiger partial charge in [0.1, 0.15) is 0 Å². The third-order valence-electron chi connectivity index (χ3n) is 3.64. The summed E-state index contributed by atoms with van der Waals surface area (Å²) in [6.45, 7) is 16.3. The molecular formula is C16H37IN4S. The van der Waals surface area contributed by atoms with Crippen LogP contribution in [-0.4, -0.2) is 61.1 Å². The van der Waals surface area contributed by atoms with Crippen LogP contribution in [0.2, 0.25) is 0 Å². The van der Waals surface area contributed by atoms with Crippen LogP contribution in [-0.2, 0) is 0 Å². The molecule has 0 heterocycles. The van der Waals surface area contributed by atoms with Crippen LogP contribution in [0.5, 0.6) is 0 Å². The molecule has 2 atom stereocenters. The van der Waals surface area contributed by atoms with E-state index in [4.69, 9.17) is 0 Å². The molecule has 0 aliphatic rings. The van der Waals surface area contributed by atoms with Crippen LogP contribution in [0, 0.1) is 0 Å². The molecule has 134 valence electrons. The zero-order valence-electron chi connectivity index (χ0n) is 15.3. The Morgan fingerprint density at radius 2 is 1.82 bits per heavy atom. The predicted molar refractivity (Wildman–Crippen MR) is 114 cm³/mol. The van der Waals surface area contributed by atoms with Gasteiger partial charge in [-0.2, -0.15) is 11.8 Å².